The Morgan fingerprint density at radius 3 is 2.73 bits per heavy atom. The van der Waals surface area contributed by atoms with Crippen LogP contribution >= 0.6 is 0 Å². The number of aliphatic hydroxyl groups excluding tert-OH is 1. The summed E-state index contributed by atoms with van der Waals surface area (Å²) in [5.41, 5.74) is 0.846. The van der Waals surface area contributed by atoms with Gasteiger partial charge in [0.25, 0.3) is 0 Å². The topological polar surface area (TPSA) is 37.3 Å². The molecule has 1 aliphatic carbocycles. The first-order valence-electron chi connectivity index (χ1n) is 8.59. The molecule has 0 aromatic carbocycles. The third kappa shape index (κ3) is 7.04. The third-order valence-electron chi connectivity index (χ3n) is 3.87. The maximum atomic E-state index is 11.9. The van der Waals surface area contributed by atoms with E-state index in [0.717, 1.165) is 24.8 Å². The highest BCUT2D eigenvalue weighted by atomic mass is 16.3. The van der Waals surface area contributed by atoms with Crippen molar-refractivity contribution in [3.8, 4) is 0 Å². The van der Waals surface area contributed by atoms with Gasteiger partial charge in [0.1, 0.15) is 0 Å². The van der Waals surface area contributed by atoms with E-state index in [0.29, 0.717) is 12.8 Å². The van der Waals surface area contributed by atoms with Crippen molar-refractivity contribution >= 4 is 5.78 Å². The largest absolute Gasteiger partial charge is 0.392 e. The van der Waals surface area contributed by atoms with Crippen LogP contribution in [0.1, 0.15) is 58.8 Å². The molecule has 0 saturated heterocycles. The Hall–Kier alpha value is -1.41. The molecule has 2 atom stereocenters. The first-order chi connectivity index (χ1) is 10.7. The predicted octanol–water partition coefficient (Wildman–Crippen LogP) is 4.91. The molecule has 0 amide bonds. The second kappa shape index (κ2) is 11.2. The van der Waals surface area contributed by atoms with Gasteiger partial charge >= 0.3 is 0 Å². The highest BCUT2D eigenvalue weighted by molar-refractivity contribution is 6.07. The van der Waals surface area contributed by atoms with Crippen molar-refractivity contribution in [1.82, 2.24) is 0 Å². The Labute approximate surface area is 135 Å². The standard InChI is InChI=1S/C20H30O2/c1-3-5-7-8-10-11-17-13-16-20(22)19(17)15-14-18(21)12-9-6-4-2/h6,8-10,13,15-18,21H,3-5,7,11-12,14H2,1-2H3/b9-6-,10-8-,19-15+/t17-,18-/m0/s1. The van der Waals surface area contributed by atoms with Crippen LogP contribution in [0.5, 0.6) is 0 Å². The molecule has 0 fully saturated rings. The van der Waals surface area contributed by atoms with Gasteiger partial charge < -0.3 is 5.11 Å². The molecule has 0 spiro atoms. The van der Waals surface area contributed by atoms with Crippen LogP contribution < -0.4 is 0 Å². The molecular weight excluding hydrogens is 272 g/mol. The van der Waals surface area contributed by atoms with Gasteiger partial charge in [-0.3, -0.25) is 4.79 Å². The number of carbonyl (C=O) groups excluding carboxylic acids is 1. The molecule has 0 saturated carbocycles. The van der Waals surface area contributed by atoms with Gasteiger partial charge in [-0.2, -0.15) is 0 Å². The molecule has 1 N–H and O–H groups in total. The fourth-order valence-electron chi connectivity index (χ4n) is 2.51. The number of unbranched alkanes of at least 4 members (excludes halogenated alkanes) is 2. The van der Waals surface area contributed by atoms with Crippen molar-refractivity contribution in [1.29, 1.82) is 0 Å². The highest BCUT2D eigenvalue weighted by Gasteiger charge is 2.21. The number of aliphatic hydroxyl groups is 1. The number of allylic oxidation sites excluding steroid dienone is 6. The highest BCUT2D eigenvalue weighted by Crippen LogP contribution is 2.26. The molecule has 0 aliphatic heterocycles. The van der Waals surface area contributed by atoms with Crippen LogP contribution in [0, 0.1) is 5.92 Å². The van der Waals surface area contributed by atoms with Crippen LogP contribution in [0.2, 0.25) is 0 Å². The normalized spacial score (nSPS) is 21.7. The summed E-state index contributed by atoms with van der Waals surface area (Å²) in [5.74, 6) is 0.284. The van der Waals surface area contributed by atoms with Crippen LogP contribution in [0.25, 0.3) is 0 Å². The molecule has 2 heteroatoms. The smallest absolute Gasteiger partial charge is 0.181 e. The summed E-state index contributed by atoms with van der Waals surface area (Å²) in [7, 11) is 0. The molecule has 1 aliphatic rings. The summed E-state index contributed by atoms with van der Waals surface area (Å²) < 4.78 is 0. The van der Waals surface area contributed by atoms with E-state index in [-0.39, 0.29) is 11.7 Å². The van der Waals surface area contributed by atoms with Gasteiger partial charge in [-0.1, -0.05) is 63.1 Å². The average Bonchev–Trinajstić information content (AvgIpc) is 2.85. The van der Waals surface area contributed by atoms with Crippen molar-refractivity contribution in [2.75, 3.05) is 0 Å². The van der Waals surface area contributed by atoms with Crippen molar-refractivity contribution in [3.63, 3.8) is 0 Å². The second-order valence-corrected chi connectivity index (χ2v) is 5.84. The molecule has 0 aromatic heterocycles. The molecule has 0 unspecified atom stereocenters. The minimum Gasteiger partial charge on any atom is -0.392 e. The van der Waals surface area contributed by atoms with Crippen LogP contribution in [0.3, 0.4) is 0 Å². The molecule has 122 valence electrons. The number of carbonyl (C=O) groups is 1. The third-order valence-corrected chi connectivity index (χ3v) is 3.87. The minimum atomic E-state index is -0.399. The Morgan fingerprint density at radius 2 is 2.00 bits per heavy atom. The quantitative estimate of drug-likeness (QED) is 0.353. The fourth-order valence-corrected chi connectivity index (χ4v) is 2.51. The summed E-state index contributed by atoms with van der Waals surface area (Å²) >= 11 is 0. The Balaban J connectivity index is 2.47. The van der Waals surface area contributed by atoms with E-state index < -0.39 is 6.10 Å². The van der Waals surface area contributed by atoms with Crippen molar-refractivity contribution in [2.24, 2.45) is 5.92 Å². The average molecular weight is 302 g/mol. The first kappa shape index (κ1) is 18.6. The Kier molecular flexibility index (Phi) is 9.49. The number of ketones is 1. The maximum Gasteiger partial charge on any atom is 0.181 e. The molecule has 0 bridgehead atoms. The number of rotatable bonds is 10. The van der Waals surface area contributed by atoms with Crippen molar-refractivity contribution in [2.45, 2.75) is 64.9 Å². The summed E-state index contributed by atoms with van der Waals surface area (Å²) in [6, 6.07) is 0. The maximum absolute atomic E-state index is 11.9. The molecular formula is C20H30O2. The van der Waals surface area contributed by atoms with Gasteiger partial charge in [-0.25, -0.2) is 0 Å². The Morgan fingerprint density at radius 1 is 1.18 bits per heavy atom. The van der Waals surface area contributed by atoms with Gasteiger partial charge in [0, 0.05) is 11.5 Å². The summed E-state index contributed by atoms with van der Waals surface area (Å²) in [6.07, 6.45) is 20.2. The zero-order valence-electron chi connectivity index (χ0n) is 14.0. The van der Waals surface area contributed by atoms with Gasteiger partial charge in [0.2, 0.25) is 0 Å². The van der Waals surface area contributed by atoms with Crippen molar-refractivity contribution < 1.29 is 9.90 Å². The van der Waals surface area contributed by atoms with E-state index in [2.05, 4.69) is 32.1 Å². The van der Waals surface area contributed by atoms with Crippen LogP contribution in [-0.4, -0.2) is 17.0 Å². The molecule has 0 aromatic rings. The van der Waals surface area contributed by atoms with Crippen LogP contribution in [-0.2, 0) is 4.79 Å². The van der Waals surface area contributed by atoms with Crippen LogP contribution in [0.15, 0.2) is 48.1 Å². The van der Waals surface area contributed by atoms with E-state index in [4.69, 9.17) is 0 Å². The van der Waals surface area contributed by atoms with E-state index in [1.165, 1.54) is 12.8 Å². The predicted molar refractivity (Wildman–Crippen MR) is 93.7 cm³/mol. The van der Waals surface area contributed by atoms with Gasteiger partial charge in [-0.05, 0) is 38.2 Å². The van der Waals surface area contributed by atoms with E-state index in [1.54, 1.807) is 6.08 Å². The van der Waals surface area contributed by atoms with E-state index >= 15 is 0 Å². The second-order valence-electron chi connectivity index (χ2n) is 5.84. The summed E-state index contributed by atoms with van der Waals surface area (Å²) in [4.78, 5) is 11.9. The number of hydrogen-bond acceptors (Lipinski definition) is 2. The number of hydrogen-bond donors (Lipinski definition) is 1. The summed E-state index contributed by atoms with van der Waals surface area (Å²) in [5, 5.41) is 9.94. The lowest BCUT2D eigenvalue weighted by Crippen LogP contribution is -2.07. The van der Waals surface area contributed by atoms with Gasteiger partial charge in [0.05, 0.1) is 6.10 Å². The summed E-state index contributed by atoms with van der Waals surface area (Å²) in [6.45, 7) is 4.26. The molecule has 1 rings (SSSR count). The molecule has 2 nitrogen and oxygen atoms in total. The minimum absolute atomic E-state index is 0.100. The van der Waals surface area contributed by atoms with E-state index in [1.807, 2.05) is 18.2 Å². The Bertz CT molecular complexity index is 441. The van der Waals surface area contributed by atoms with E-state index in [9.17, 15) is 9.90 Å². The molecule has 0 radical (unpaired) electrons. The van der Waals surface area contributed by atoms with Gasteiger partial charge in [0.15, 0.2) is 5.78 Å². The first-order valence-corrected chi connectivity index (χ1v) is 8.59. The lowest BCUT2D eigenvalue weighted by atomic mass is 9.96. The lowest BCUT2D eigenvalue weighted by Gasteiger charge is -2.10. The fraction of sp³-hybridized carbons (Fsp3) is 0.550. The monoisotopic (exact) mass is 302 g/mol. The zero-order valence-corrected chi connectivity index (χ0v) is 14.0. The zero-order chi connectivity index (χ0) is 16.2. The lowest BCUT2D eigenvalue weighted by molar-refractivity contribution is -0.111. The molecule has 0 heterocycles. The SMILES string of the molecule is CC/C=C\C[C@H](O)C/C=C1/C(=O)C=C[C@@H]1C/C=C\CCCC. The van der Waals surface area contributed by atoms with Crippen molar-refractivity contribution in [3.05, 3.63) is 48.1 Å². The van der Waals surface area contributed by atoms with Gasteiger partial charge in [-0.15, -0.1) is 0 Å². The van der Waals surface area contributed by atoms with Crippen LogP contribution in [0.4, 0.5) is 0 Å². The molecule has 22 heavy (non-hydrogen) atoms.